The molecule has 0 aliphatic rings. The smallest absolute Gasteiger partial charge is 0.339 e. The molecule has 2 rings (SSSR count). The van der Waals surface area contributed by atoms with Crippen molar-refractivity contribution < 1.29 is 14.3 Å². The van der Waals surface area contributed by atoms with Crippen molar-refractivity contribution in [2.75, 3.05) is 5.32 Å². The number of anilines is 1. The van der Waals surface area contributed by atoms with Crippen LogP contribution < -0.4 is 5.32 Å². The molecule has 0 atom stereocenters. The zero-order chi connectivity index (χ0) is 14.0. The second-order valence-corrected chi connectivity index (χ2v) is 4.81. The monoisotopic (exact) mass is 299 g/mol. The van der Waals surface area contributed by atoms with Crippen molar-refractivity contribution in [1.29, 1.82) is 0 Å². The first-order valence-corrected chi connectivity index (χ1v) is 6.24. The first kappa shape index (κ1) is 13.8. The number of carboxylic acid groups (broad SMARTS) is 1. The van der Waals surface area contributed by atoms with Crippen molar-refractivity contribution in [3.63, 3.8) is 0 Å². The van der Waals surface area contributed by atoms with Gasteiger partial charge in [-0.25, -0.2) is 4.79 Å². The van der Waals surface area contributed by atoms with E-state index in [0.717, 1.165) is 0 Å². The number of rotatable bonds is 4. The number of carbonyl (C=O) groups is 1. The molecule has 0 aliphatic heterocycles. The number of furan rings is 1. The lowest BCUT2D eigenvalue weighted by Gasteiger charge is -2.06. The Morgan fingerprint density at radius 2 is 2.11 bits per heavy atom. The highest BCUT2D eigenvalue weighted by atomic mass is 35.5. The Kier molecular flexibility index (Phi) is 4.02. The summed E-state index contributed by atoms with van der Waals surface area (Å²) in [6.07, 6.45) is 0. The standard InChI is InChI=1S/C13H11Cl2NO3/c1-7-10(13(17)18)5-9(19-7)6-16-12-3-2-8(14)4-11(12)15/h2-5,16H,6H2,1H3,(H,17,18). The maximum absolute atomic E-state index is 10.9. The number of nitrogens with one attached hydrogen (secondary N) is 1. The second-order valence-electron chi connectivity index (χ2n) is 3.97. The van der Waals surface area contributed by atoms with Gasteiger partial charge in [0.05, 0.1) is 17.3 Å². The quantitative estimate of drug-likeness (QED) is 0.888. The van der Waals surface area contributed by atoms with E-state index in [1.807, 2.05) is 0 Å². The van der Waals surface area contributed by atoms with Gasteiger partial charge in [-0.3, -0.25) is 0 Å². The molecule has 0 radical (unpaired) electrons. The molecule has 1 aromatic heterocycles. The van der Waals surface area contributed by atoms with Crippen LogP contribution in [0.25, 0.3) is 0 Å². The SMILES string of the molecule is Cc1oc(CNc2ccc(Cl)cc2Cl)cc1C(=O)O. The molecular weight excluding hydrogens is 289 g/mol. The van der Waals surface area contributed by atoms with Crippen LogP contribution in [-0.4, -0.2) is 11.1 Å². The van der Waals surface area contributed by atoms with Crippen LogP contribution in [0, 0.1) is 6.92 Å². The second kappa shape index (κ2) is 5.55. The lowest BCUT2D eigenvalue weighted by Crippen LogP contribution is -1.99. The van der Waals surface area contributed by atoms with E-state index in [2.05, 4.69) is 5.32 Å². The van der Waals surface area contributed by atoms with Crippen LogP contribution in [0.3, 0.4) is 0 Å². The lowest BCUT2D eigenvalue weighted by atomic mass is 10.2. The molecule has 2 N–H and O–H groups in total. The minimum absolute atomic E-state index is 0.166. The summed E-state index contributed by atoms with van der Waals surface area (Å²) in [4.78, 5) is 10.9. The van der Waals surface area contributed by atoms with Gasteiger partial charge in [-0.15, -0.1) is 0 Å². The van der Waals surface area contributed by atoms with Gasteiger partial charge in [-0.05, 0) is 31.2 Å². The topological polar surface area (TPSA) is 62.5 Å². The van der Waals surface area contributed by atoms with E-state index in [1.54, 1.807) is 25.1 Å². The van der Waals surface area contributed by atoms with Crippen LogP contribution in [0.15, 0.2) is 28.7 Å². The summed E-state index contributed by atoms with van der Waals surface area (Å²) < 4.78 is 5.35. The molecule has 0 fully saturated rings. The molecule has 0 spiro atoms. The van der Waals surface area contributed by atoms with Crippen molar-refractivity contribution in [3.8, 4) is 0 Å². The Balaban J connectivity index is 2.10. The van der Waals surface area contributed by atoms with Crippen LogP contribution >= 0.6 is 23.2 Å². The first-order valence-electron chi connectivity index (χ1n) is 5.49. The van der Waals surface area contributed by atoms with Gasteiger partial charge in [0.1, 0.15) is 17.1 Å². The van der Waals surface area contributed by atoms with Gasteiger partial charge >= 0.3 is 5.97 Å². The number of hydrogen-bond donors (Lipinski definition) is 2. The summed E-state index contributed by atoms with van der Waals surface area (Å²) in [5, 5.41) is 13.0. The highest BCUT2D eigenvalue weighted by molar-refractivity contribution is 6.36. The summed E-state index contributed by atoms with van der Waals surface area (Å²) >= 11 is 11.8. The zero-order valence-electron chi connectivity index (χ0n) is 10.0. The number of hydrogen-bond acceptors (Lipinski definition) is 3. The Morgan fingerprint density at radius 1 is 1.37 bits per heavy atom. The molecule has 0 bridgehead atoms. The fourth-order valence-corrected chi connectivity index (χ4v) is 2.13. The van der Waals surface area contributed by atoms with E-state index in [0.29, 0.717) is 33.8 Å². The van der Waals surface area contributed by atoms with Gasteiger partial charge in [-0.1, -0.05) is 23.2 Å². The van der Waals surface area contributed by atoms with E-state index < -0.39 is 5.97 Å². The Morgan fingerprint density at radius 3 is 2.68 bits per heavy atom. The molecule has 4 nitrogen and oxygen atoms in total. The third-order valence-corrected chi connectivity index (χ3v) is 3.13. The fourth-order valence-electron chi connectivity index (χ4n) is 1.66. The summed E-state index contributed by atoms with van der Waals surface area (Å²) in [5.74, 6) is -0.0931. The molecule has 0 saturated heterocycles. The lowest BCUT2D eigenvalue weighted by molar-refractivity contribution is 0.0695. The van der Waals surface area contributed by atoms with Crippen LogP contribution in [0.5, 0.6) is 0 Å². The van der Waals surface area contributed by atoms with Crippen LogP contribution in [-0.2, 0) is 6.54 Å². The van der Waals surface area contributed by atoms with Crippen molar-refractivity contribution in [2.24, 2.45) is 0 Å². The Bertz CT molecular complexity index is 622. The summed E-state index contributed by atoms with van der Waals surface area (Å²) in [7, 11) is 0. The molecule has 100 valence electrons. The van der Waals surface area contributed by atoms with E-state index in [1.165, 1.54) is 6.07 Å². The van der Waals surface area contributed by atoms with E-state index >= 15 is 0 Å². The van der Waals surface area contributed by atoms with E-state index in [4.69, 9.17) is 32.7 Å². The minimum atomic E-state index is -1.00. The van der Waals surface area contributed by atoms with Gasteiger partial charge in [0.25, 0.3) is 0 Å². The van der Waals surface area contributed by atoms with Gasteiger partial charge in [0.15, 0.2) is 0 Å². The third kappa shape index (κ3) is 3.22. The molecule has 2 aromatic rings. The molecule has 0 saturated carbocycles. The number of halogens is 2. The van der Waals surface area contributed by atoms with Crippen molar-refractivity contribution >= 4 is 34.9 Å². The van der Waals surface area contributed by atoms with Gasteiger partial charge in [0.2, 0.25) is 0 Å². The highest BCUT2D eigenvalue weighted by Gasteiger charge is 2.13. The maximum Gasteiger partial charge on any atom is 0.339 e. The van der Waals surface area contributed by atoms with Crippen molar-refractivity contribution in [1.82, 2.24) is 0 Å². The predicted molar refractivity (Wildman–Crippen MR) is 74.2 cm³/mol. The van der Waals surface area contributed by atoms with Crippen LogP contribution in [0.4, 0.5) is 5.69 Å². The average Bonchev–Trinajstić information content (AvgIpc) is 2.69. The van der Waals surface area contributed by atoms with Gasteiger partial charge < -0.3 is 14.8 Å². The normalized spacial score (nSPS) is 10.5. The number of aromatic carboxylic acids is 1. The maximum atomic E-state index is 10.9. The summed E-state index contributed by atoms with van der Waals surface area (Å²) in [6.45, 7) is 1.96. The van der Waals surface area contributed by atoms with Crippen LogP contribution in [0.1, 0.15) is 21.9 Å². The van der Waals surface area contributed by atoms with Crippen molar-refractivity contribution in [2.45, 2.75) is 13.5 Å². The molecule has 19 heavy (non-hydrogen) atoms. The molecule has 6 heteroatoms. The summed E-state index contributed by atoms with van der Waals surface area (Å²) in [6, 6.07) is 6.58. The van der Waals surface area contributed by atoms with Crippen molar-refractivity contribution in [3.05, 3.63) is 51.4 Å². The Hall–Kier alpha value is -1.65. The van der Waals surface area contributed by atoms with E-state index in [9.17, 15) is 4.79 Å². The zero-order valence-corrected chi connectivity index (χ0v) is 11.5. The highest BCUT2D eigenvalue weighted by Crippen LogP contribution is 2.26. The third-order valence-electron chi connectivity index (χ3n) is 2.58. The fraction of sp³-hybridized carbons (Fsp3) is 0.154. The van der Waals surface area contributed by atoms with Gasteiger partial charge in [0, 0.05) is 5.02 Å². The van der Waals surface area contributed by atoms with E-state index in [-0.39, 0.29) is 5.56 Å². The van der Waals surface area contributed by atoms with Gasteiger partial charge in [-0.2, -0.15) is 0 Å². The molecule has 1 aromatic carbocycles. The molecule has 1 heterocycles. The number of carboxylic acids is 1. The molecular formula is C13H11Cl2NO3. The predicted octanol–water partition coefficient (Wildman–Crippen LogP) is 4.21. The Labute approximate surface area is 119 Å². The largest absolute Gasteiger partial charge is 0.478 e. The molecule has 0 amide bonds. The molecule has 0 unspecified atom stereocenters. The average molecular weight is 300 g/mol. The van der Waals surface area contributed by atoms with Crippen LogP contribution in [0.2, 0.25) is 10.0 Å². The number of aryl methyl sites for hydroxylation is 1. The first-order chi connectivity index (χ1) is 8.97. The molecule has 0 aliphatic carbocycles. The minimum Gasteiger partial charge on any atom is -0.478 e. The summed E-state index contributed by atoms with van der Waals surface area (Å²) in [5.41, 5.74) is 0.871. The number of benzene rings is 1.